The molecule has 0 amide bonds. The van der Waals surface area contributed by atoms with Crippen molar-refractivity contribution in [2.75, 3.05) is 7.11 Å². The molecule has 0 radical (unpaired) electrons. The van der Waals surface area contributed by atoms with Crippen molar-refractivity contribution in [3.05, 3.63) is 71.2 Å². The van der Waals surface area contributed by atoms with E-state index < -0.39 is 0 Å². The van der Waals surface area contributed by atoms with E-state index in [1.807, 2.05) is 42.7 Å². The number of hydrogen-bond donors (Lipinski definition) is 1. The number of nitrogens with zero attached hydrogens (tertiary/aromatic N) is 2. The molecule has 1 aromatic carbocycles. The fourth-order valence-electron chi connectivity index (χ4n) is 3.36. The number of methoxy groups -OCH3 is 1. The van der Waals surface area contributed by atoms with E-state index in [1.54, 1.807) is 18.9 Å². The Labute approximate surface area is 165 Å². The molecule has 0 aliphatic carbocycles. The summed E-state index contributed by atoms with van der Waals surface area (Å²) in [5.74, 6) is 1.17. The maximum atomic E-state index is 10.1. The molecule has 27 heavy (non-hydrogen) atoms. The molecule has 0 unspecified atom stereocenters. The molecule has 2 heterocycles. The van der Waals surface area contributed by atoms with Crippen LogP contribution in [0.4, 0.5) is 0 Å². The lowest BCUT2D eigenvalue weighted by Crippen LogP contribution is -2.04. The fourth-order valence-corrected chi connectivity index (χ4v) is 4.75. The second-order valence-electron chi connectivity index (χ2n) is 6.79. The lowest BCUT2D eigenvalue weighted by molar-refractivity contribution is 0.279. The van der Waals surface area contributed by atoms with Crippen molar-refractivity contribution in [3.63, 3.8) is 0 Å². The summed E-state index contributed by atoms with van der Waals surface area (Å²) < 4.78 is 7.85. The van der Waals surface area contributed by atoms with Crippen LogP contribution in [0.2, 0.25) is 0 Å². The predicted molar refractivity (Wildman–Crippen MR) is 110 cm³/mol. The standard InChI is InChI=1S/C22H26N2O2S/c1-15(2)21-18(14-25)16(3)24(13-17-9-11-23-12-10-17)22(21)27-20-8-6-5-7-19(20)26-4/h5-12,15,25H,13-14H2,1-4H3. The topological polar surface area (TPSA) is 47.3 Å². The Morgan fingerprint density at radius 2 is 1.85 bits per heavy atom. The number of para-hydroxylation sites is 1. The van der Waals surface area contributed by atoms with Crippen molar-refractivity contribution in [2.45, 2.75) is 49.8 Å². The van der Waals surface area contributed by atoms with Gasteiger partial charge in [-0.05, 0) is 48.2 Å². The second-order valence-corrected chi connectivity index (χ2v) is 7.82. The van der Waals surface area contributed by atoms with Crippen LogP contribution in [0, 0.1) is 6.92 Å². The zero-order valence-corrected chi connectivity index (χ0v) is 17.1. The van der Waals surface area contributed by atoms with Crippen LogP contribution in [0.15, 0.2) is 58.7 Å². The number of rotatable bonds is 7. The van der Waals surface area contributed by atoms with E-state index >= 15 is 0 Å². The quantitative estimate of drug-likeness (QED) is 0.624. The van der Waals surface area contributed by atoms with Gasteiger partial charge < -0.3 is 14.4 Å². The Bertz CT molecular complexity index is 904. The summed E-state index contributed by atoms with van der Waals surface area (Å²) in [5.41, 5.74) is 4.52. The Morgan fingerprint density at radius 3 is 2.48 bits per heavy atom. The van der Waals surface area contributed by atoms with Crippen molar-refractivity contribution in [3.8, 4) is 5.75 Å². The molecule has 0 bridgehead atoms. The van der Waals surface area contributed by atoms with Crippen LogP contribution in [0.25, 0.3) is 0 Å². The minimum Gasteiger partial charge on any atom is -0.496 e. The number of ether oxygens (including phenoxy) is 1. The molecule has 0 saturated carbocycles. The van der Waals surface area contributed by atoms with E-state index in [9.17, 15) is 5.11 Å². The predicted octanol–water partition coefficient (Wildman–Crippen LogP) is 5.02. The molecule has 3 aromatic rings. The van der Waals surface area contributed by atoms with Gasteiger partial charge in [0.05, 0.1) is 23.6 Å². The van der Waals surface area contributed by atoms with Gasteiger partial charge in [0.15, 0.2) is 0 Å². The maximum absolute atomic E-state index is 10.1. The van der Waals surface area contributed by atoms with E-state index in [-0.39, 0.29) is 6.61 Å². The van der Waals surface area contributed by atoms with Gasteiger partial charge in [0.25, 0.3) is 0 Å². The first-order valence-corrected chi connectivity index (χ1v) is 9.91. The molecule has 0 aliphatic heterocycles. The normalized spacial score (nSPS) is 11.2. The van der Waals surface area contributed by atoms with Gasteiger partial charge in [-0.25, -0.2) is 0 Å². The minimum atomic E-state index is 0.0438. The lowest BCUT2D eigenvalue weighted by Gasteiger charge is -2.15. The molecule has 142 valence electrons. The van der Waals surface area contributed by atoms with E-state index in [1.165, 1.54) is 11.1 Å². The Balaban J connectivity index is 2.14. The molecule has 0 fully saturated rings. The van der Waals surface area contributed by atoms with E-state index in [0.29, 0.717) is 5.92 Å². The van der Waals surface area contributed by atoms with Crippen molar-refractivity contribution in [1.82, 2.24) is 9.55 Å². The highest BCUT2D eigenvalue weighted by atomic mass is 32.2. The summed E-state index contributed by atoms with van der Waals surface area (Å²) in [6.45, 7) is 7.23. The Morgan fingerprint density at radius 1 is 1.15 bits per heavy atom. The highest BCUT2D eigenvalue weighted by Crippen LogP contribution is 2.42. The molecule has 3 rings (SSSR count). The van der Waals surface area contributed by atoms with Crippen molar-refractivity contribution >= 4 is 11.8 Å². The van der Waals surface area contributed by atoms with Crippen molar-refractivity contribution in [2.24, 2.45) is 0 Å². The summed E-state index contributed by atoms with van der Waals surface area (Å²) in [6.07, 6.45) is 3.63. The van der Waals surface area contributed by atoms with Crippen LogP contribution < -0.4 is 4.74 Å². The zero-order valence-electron chi connectivity index (χ0n) is 16.3. The van der Waals surface area contributed by atoms with Crippen LogP contribution in [-0.2, 0) is 13.2 Å². The average molecular weight is 383 g/mol. The van der Waals surface area contributed by atoms with Gasteiger partial charge in [-0.15, -0.1) is 0 Å². The summed E-state index contributed by atoms with van der Waals surface area (Å²) in [6, 6.07) is 12.1. The van der Waals surface area contributed by atoms with Crippen LogP contribution in [0.5, 0.6) is 5.75 Å². The Hall–Kier alpha value is -2.24. The minimum absolute atomic E-state index is 0.0438. The smallest absolute Gasteiger partial charge is 0.132 e. The number of benzene rings is 1. The largest absolute Gasteiger partial charge is 0.496 e. The van der Waals surface area contributed by atoms with Gasteiger partial charge in [-0.1, -0.05) is 37.7 Å². The molecule has 2 aromatic heterocycles. The highest BCUT2D eigenvalue weighted by Gasteiger charge is 2.23. The first kappa shape index (κ1) is 19.5. The highest BCUT2D eigenvalue weighted by molar-refractivity contribution is 7.99. The molecule has 0 spiro atoms. The molecule has 0 saturated heterocycles. The third-order valence-corrected chi connectivity index (χ3v) is 5.93. The van der Waals surface area contributed by atoms with Crippen molar-refractivity contribution < 1.29 is 9.84 Å². The number of aliphatic hydroxyl groups excluding tert-OH is 1. The maximum Gasteiger partial charge on any atom is 0.132 e. The molecule has 0 atom stereocenters. The summed E-state index contributed by atoms with van der Waals surface area (Å²) >= 11 is 1.70. The van der Waals surface area contributed by atoms with Gasteiger partial charge in [0, 0.05) is 30.2 Å². The van der Waals surface area contributed by atoms with Crippen LogP contribution in [0.1, 0.15) is 42.1 Å². The lowest BCUT2D eigenvalue weighted by atomic mass is 10.0. The van der Waals surface area contributed by atoms with E-state index in [4.69, 9.17) is 4.74 Å². The van der Waals surface area contributed by atoms with Crippen LogP contribution in [0.3, 0.4) is 0 Å². The number of pyridine rings is 1. The van der Waals surface area contributed by atoms with Gasteiger partial charge in [0.2, 0.25) is 0 Å². The summed E-state index contributed by atoms with van der Waals surface area (Å²) in [5, 5.41) is 11.2. The van der Waals surface area contributed by atoms with Crippen LogP contribution >= 0.6 is 11.8 Å². The third kappa shape index (κ3) is 4.04. The Kier molecular flexibility index (Phi) is 6.24. The second kappa shape index (κ2) is 8.63. The monoisotopic (exact) mass is 382 g/mol. The van der Waals surface area contributed by atoms with Gasteiger partial charge in [-0.3, -0.25) is 4.98 Å². The summed E-state index contributed by atoms with van der Waals surface area (Å²) in [7, 11) is 1.70. The zero-order chi connectivity index (χ0) is 19.4. The van der Waals surface area contributed by atoms with Gasteiger partial charge in [-0.2, -0.15) is 0 Å². The summed E-state index contributed by atoms with van der Waals surface area (Å²) in [4.78, 5) is 5.19. The SMILES string of the molecule is COc1ccccc1Sc1c(C(C)C)c(CO)c(C)n1Cc1ccncc1. The van der Waals surface area contributed by atoms with Crippen molar-refractivity contribution in [1.29, 1.82) is 0 Å². The van der Waals surface area contributed by atoms with Crippen LogP contribution in [-0.4, -0.2) is 21.8 Å². The number of aliphatic hydroxyl groups is 1. The van der Waals surface area contributed by atoms with Gasteiger partial charge in [0.1, 0.15) is 5.75 Å². The number of aromatic nitrogens is 2. The first-order valence-electron chi connectivity index (χ1n) is 9.09. The molecule has 4 nitrogen and oxygen atoms in total. The molecule has 1 N–H and O–H groups in total. The average Bonchev–Trinajstić information content (AvgIpc) is 2.94. The molecular weight excluding hydrogens is 356 g/mol. The first-order chi connectivity index (χ1) is 13.1. The van der Waals surface area contributed by atoms with Gasteiger partial charge >= 0.3 is 0 Å². The molecular formula is C22H26N2O2S. The molecule has 5 heteroatoms. The van der Waals surface area contributed by atoms with E-state index in [2.05, 4.69) is 36.4 Å². The molecule has 0 aliphatic rings. The fraction of sp³-hybridized carbons (Fsp3) is 0.318. The third-order valence-electron chi connectivity index (χ3n) is 4.74. The number of hydrogen-bond acceptors (Lipinski definition) is 4. The van der Waals surface area contributed by atoms with E-state index in [0.717, 1.165) is 33.5 Å².